The van der Waals surface area contributed by atoms with E-state index in [0.717, 1.165) is 30.1 Å². The lowest BCUT2D eigenvalue weighted by atomic mass is 10.0. The monoisotopic (exact) mass is 449 g/mol. The number of ether oxygens (including phenoxy) is 1. The summed E-state index contributed by atoms with van der Waals surface area (Å²) < 4.78 is 5.43. The number of hydrogen-bond donors (Lipinski definition) is 1. The van der Waals surface area contributed by atoms with Gasteiger partial charge in [-0.1, -0.05) is 43.3 Å². The van der Waals surface area contributed by atoms with Gasteiger partial charge in [0.2, 0.25) is 0 Å². The Bertz CT molecular complexity index is 1030. The molecule has 8 heteroatoms. The highest BCUT2D eigenvalue weighted by Crippen LogP contribution is 2.35. The quantitative estimate of drug-likeness (QED) is 0.755. The maximum Gasteiger partial charge on any atom is 0.327 e. The number of rotatable bonds is 5. The molecular formula is C25H31N5O3. The number of hydrogen-bond acceptors (Lipinski definition) is 6. The molecule has 4 unspecified atom stereocenters. The molecule has 2 aromatic carbocycles. The van der Waals surface area contributed by atoms with Gasteiger partial charge in [0.15, 0.2) is 0 Å². The second kappa shape index (κ2) is 8.68. The number of fused-ring (bicyclic) bond motifs is 3. The van der Waals surface area contributed by atoms with Crippen LogP contribution in [0.5, 0.6) is 5.75 Å². The summed E-state index contributed by atoms with van der Waals surface area (Å²) >= 11 is 0. The number of nitrogens with zero attached hydrogens (tertiary/aromatic N) is 4. The lowest BCUT2D eigenvalue weighted by molar-refractivity contribution is -0.138. The third-order valence-corrected chi connectivity index (χ3v) is 6.94. The molecule has 4 atom stereocenters. The van der Waals surface area contributed by atoms with E-state index in [-0.39, 0.29) is 24.4 Å². The predicted octanol–water partition coefficient (Wildman–Crippen LogP) is 2.17. The molecule has 8 nitrogen and oxygen atoms in total. The minimum atomic E-state index is -0.413. The van der Waals surface area contributed by atoms with E-state index in [2.05, 4.69) is 28.1 Å². The number of urea groups is 1. The normalized spacial score (nSPS) is 27.5. The number of methoxy groups -OCH3 is 1. The van der Waals surface area contributed by atoms with E-state index >= 15 is 0 Å². The molecule has 0 saturated carbocycles. The summed E-state index contributed by atoms with van der Waals surface area (Å²) in [5.74, 6) is 1.04. The van der Waals surface area contributed by atoms with Gasteiger partial charge in [0.25, 0.3) is 5.91 Å². The van der Waals surface area contributed by atoms with Crippen molar-refractivity contribution in [3.8, 4) is 5.75 Å². The van der Waals surface area contributed by atoms with Gasteiger partial charge in [-0.25, -0.2) is 4.79 Å². The lowest BCUT2D eigenvalue weighted by Gasteiger charge is -2.46. The number of nitrogens with one attached hydrogen (secondary N) is 1. The fraction of sp³-hybridized carbons (Fsp3) is 0.440. The van der Waals surface area contributed by atoms with Crippen molar-refractivity contribution < 1.29 is 14.3 Å². The molecule has 3 fully saturated rings. The average molecular weight is 450 g/mol. The standard InChI is InChI=1S/C25H31N5O3/c1-17-15-29(19-10-7-11-20(14-19)33-3)24-26-22-21(30(24)16-17)23(31)28(25(32)27(22)2)13-12-18-8-5-4-6-9-18/h4-11,14,17,21-22,24,26H,12-13,15-16H2,1-3H3. The van der Waals surface area contributed by atoms with Gasteiger partial charge in [-0.2, -0.15) is 0 Å². The molecule has 33 heavy (non-hydrogen) atoms. The number of likely N-dealkylation sites (N-methyl/N-ethyl adjacent to an activating group) is 1. The highest BCUT2D eigenvalue weighted by atomic mass is 16.5. The SMILES string of the molecule is COc1cccc(N2CC(C)CN3C4C(=O)N(CCc5ccccc5)C(=O)N(C)C4NC23)c1. The molecule has 0 radical (unpaired) electrons. The van der Waals surface area contributed by atoms with Crippen LogP contribution in [-0.4, -0.2) is 78.9 Å². The molecule has 0 bridgehead atoms. The van der Waals surface area contributed by atoms with Crippen molar-refractivity contribution in [1.82, 2.24) is 20.0 Å². The number of carbonyl (C=O) groups is 2. The Labute approximate surface area is 194 Å². The molecule has 1 N–H and O–H groups in total. The molecular weight excluding hydrogens is 418 g/mol. The van der Waals surface area contributed by atoms with Gasteiger partial charge in [0, 0.05) is 38.4 Å². The third-order valence-electron chi connectivity index (χ3n) is 6.94. The van der Waals surface area contributed by atoms with Gasteiger partial charge in [-0.05, 0) is 30.0 Å². The Morgan fingerprint density at radius 3 is 2.61 bits per heavy atom. The molecule has 3 amide bonds. The van der Waals surface area contributed by atoms with Crippen LogP contribution in [0.25, 0.3) is 0 Å². The zero-order chi connectivity index (χ0) is 23.1. The fourth-order valence-electron chi connectivity index (χ4n) is 5.30. The third kappa shape index (κ3) is 3.83. The van der Waals surface area contributed by atoms with Crippen LogP contribution >= 0.6 is 0 Å². The fourth-order valence-corrected chi connectivity index (χ4v) is 5.30. The van der Waals surface area contributed by atoms with E-state index in [1.54, 1.807) is 19.1 Å². The van der Waals surface area contributed by atoms with Crippen LogP contribution in [0.15, 0.2) is 54.6 Å². The number of carbonyl (C=O) groups excluding carboxylic acids is 2. The van der Waals surface area contributed by atoms with Crippen LogP contribution in [0.4, 0.5) is 10.5 Å². The first-order chi connectivity index (χ1) is 16.0. The van der Waals surface area contributed by atoms with Gasteiger partial charge in [0.1, 0.15) is 24.2 Å². The minimum absolute atomic E-state index is 0.117. The van der Waals surface area contributed by atoms with Crippen molar-refractivity contribution in [3.63, 3.8) is 0 Å². The summed E-state index contributed by atoms with van der Waals surface area (Å²) in [4.78, 5) is 34.4. The van der Waals surface area contributed by atoms with E-state index < -0.39 is 6.04 Å². The van der Waals surface area contributed by atoms with Crippen LogP contribution in [0.3, 0.4) is 0 Å². The number of benzene rings is 2. The Morgan fingerprint density at radius 2 is 1.85 bits per heavy atom. The summed E-state index contributed by atoms with van der Waals surface area (Å²) in [7, 11) is 3.45. The summed E-state index contributed by atoms with van der Waals surface area (Å²) in [6, 6.07) is 17.3. The Hall–Kier alpha value is -3.10. The zero-order valence-corrected chi connectivity index (χ0v) is 19.3. The molecule has 5 rings (SSSR count). The summed E-state index contributed by atoms with van der Waals surface area (Å²) in [6.45, 7) is 4.22. The van der Waals surface area contributed by atoms with Crippen molar-refractivity contribution in [1.29, 1.82) is 0 Å². The van der Waals surface area contributed by atoms with Crippen LogP contribution in [0, 0.1) is 5.92 Å². The van der Waals surface area contributed by atoms with E-state index in [0.29, 0.717) is 18.9 Å². The van der Waals surface area contributed by atoms with E-state index in [9.17, 15) is 9.59 Å². The van der Waals surface area contributed by atoms with E-state index in [1.165, 1.54) is 4.90 Å². The van der Waals surface area contributed by atoms with E-state index in [4.69, 9.17) is 4.74 Å². The average Bonchev–Trinajstić information content (AvgIpc) is 3.22. The molecule has 2 aromatic rings. The second-order valence-electron chi connectivity index (χ2n) is 9.20. The van der Waals surface area contributed by atoms with Gasteiger partial charge >= 0.3 is 6.03 Å². The van der Waals surface area contributed by atoms with Crippen molar-refractivity contribution in [3.05, 3.63) is 60.2 Å². The van der Waals surface area contributed by atoms with Crippen molar-refractivity contribution in [2.75, 3.05) is 38.7 Å². The van der Waals surface area contributed by atoms with E-state index in [1.807, 2.05) is 48.5 Å². The number of amides is 3. The summed E-state index contributed by atoms with van der Waals surface area (Å²) in [5.41, 5.74) is 2.14. The Balaban J connectivity index is 1.41. The highest BCUT2D eigenvalue weighted by molar-refractivity contribution is 6.00. The van der Waals surface area contributed by atoms with Gasteiger partial charge in [0.05, 0.1) is 7.11 Å². The van der Waals surface area contributed by atoms with Crippen molar-refractivity contribution >= 4 is 17.6 Å². The van der Waals surface area contributed by atoms with Crippen molar-refractivity contribution in [2.24, 2.45) is 5.92 Å². The van der Waals surface area contributed by atoms with Crippen molar-refractivity contribution in [2.45, 2.75) is 31.8 Å². The van der Waals surface area contributed by atoms with Crippen LogP contribution in [-0.2, 0) is 11.2 Å². The summed E-state index contributed by atoms with van der Waals surface area (Å²) in [6.07, 6.45) is 0.116. The van der Waals surface area contributed by atoms with Gasteiger partial charge < -0.3 is 14.5 Å². The maximum absolute atomic E-state index is 13.6. The Kier molecular flexibility index (Phi) is 5.72. The van der Waals surface area contributed by atoms with Crippen LogP contribution < -0.4 is 15.0 Å². The predicted molar refractivity (Wildman–Crippen MR) is 126 cm³/mol. The molecule has 0 aliphatic carbocycles. The molecule has 0 spiro atoms. The highest BCUT2D eigenvalue weighted by Gasteiger charge is 2.56. The largest absolute Gasteiger partial charge is 0.497 e. The first-order valence-corrected chi connectivity index (χ1v) is 11.5. The van der Waals surface area contributed by atoms with Gasteiger partial charge in [-0.3, -0.25) is 19.9 Å². The summed E-state index contributed by atoms with van der Waals surface area (Å²) in [5, 5.41) is 3.58. The molecule has 3 aliphatic rings. The number of anilines is 1. The van der Waals surface area contributed by atoms with Crippen LogP contribution in [0.1, 0.15) is 12.5 Å². The molecule has 3 aliphatic heterocycles. The molecule has 174 valence electrons. The zero-order valence-electron chi connectivity index (χ0n) is 19.3. The Morgan fingerprint density at radius 1 is 1.06 bits per heavy atom. The molecule has 3 heterocycles. The minimum Gasteiger partial charge on any atom is -0.497 e. The first-order valence-electron chi connectivity index (χ1n) is 11.5. The smallest absolute Gasteiger partial charge is 0.327 e. The van der Waals surface area contributed by atoms with Gasteiger partial charge in [-0.15, -0.1) is 0 Å². The maximum atomic E-state index is 13.6. The molecule has 0 aromatic heterocycles. The van der Waals surface area contributed by atoms with Crippen LogP contribution in [0.2, 0.25) is 0 Å². The topological polar surface area (TPSA) is 68.4 Å². The second-order valence-corrected chi connectivity index (χ2v) is 9.20. The number of imide groups is 1. The lowest BCUT2D eigenvalue weighted by Crippen LogP contribution is -2.66. The molecule has 3 saturated heterocycles. The first kappa shape index (κ1) is 21.7.